The summed E-state index contributed by atoms with van der Waals surface area (Å²) in [6.07, 6.45) is -1.16. The molecule has 0 saturated heterocycles. The largest absolute Gasteiger partial charge is 0.542 e. The van der Waals surface area contributed by atoms with Crippen molar-refractivity contribution in [3.05, 3.63) is 0 Å². The van der Waals surface area contributed by atoms with E-state index < -0.39 is 6.16 Å². The first-order valence-electron chi connectivity index (χ1n) is 1.35. The van der Waals surface area contributed by atoms with Gasteiger partial charge < -0.3 is 4.74 Å². The van der Waals surface area contributed by atoms with Gasteiger partial charge in [-0.1, -0.05) is 0 Å². The Hall–Kier alpha value is -0.810. The molecule has 0 fully saturated rings. The molecule has 5 heteroatoms. The van der Waals surface area contributed by atoms with E-state index in [1.165, 1.54) is 0 Å². The number of hydrogen-bond donors (Lipinski definition) is 0. The molecule has 0 saturated carbocycles. The molecule has 0 unspecified atom stereocenters. The lowest BCUT2D eigenvalue weighted by atomic mass is 11.4. The van der Waals surface area contributed by atoms with Gasteiger partial charge in [0.2, 0.25) is 0 Å². The zero-order valence-electron chi connectivity index (χ0n) is 3.54. The highest BCUT2D eigenvalue weighted by Crippen LogP contribution is 1.78. The first-order chi connectivity index (χ1) is 3.31. The maximum atomic E-state index is 9.64. The first kappa shape index (κ1) is 6.19. The minimum absolute atomic E-state index is 1.06. The number of rotatable bonds is 1. The monoisotopic (exact) mass is 107 g/mol. The van der Waals surface area contributed by atoms with Gasteiger partial charge in [0, 0.05) is 10.3 Å². The van der Waals surface area contributed by atoms with Crippen LogP contribution in [0.3, 0.4) is 0 Å². The average molecular weight is 107 g/mol. The summed E-state index contributed by atoms with van der Waals surface area (Å²) in [5, 5.41) is 11.5. The van der Waals surface area contributed by atoms with Crippen LogP contribution in [0.15, 0.2) is 0 Å². The predicted octanol–water partition coefficient (Wildman–Crippen LogP) is 0.0465. The lowest BCUT2D eigenvalue weighted by molar-refractivity contribution is -0.500. The average Bonchev–Trinajstić information content (AvgIpc) is 1.68. The van der Waals surface area contributed by atoms with Crippen LogP contribution in [0.2, 0.25) is 0 Å². The Kier molecular flexibility index (Phi) is 2.99. The van der Waals surface area contributed by atoms with E-state index in [0.717, 1.165) is 7.11 Å². The second-order valence-corrected chi connectivity index (χ2v) is 0.605. The zero-order valence-corrected chi connectivity index (χ0v) is 3.54. The fourth-order valence-corrected chi connectivity index (χ4v) is 0.0618. The molecule has 0 rings (SSSR count). The van der Waals surface area contributed by atoms with Crippen molar-refractivity contribution in [1.29, 1.82) is 0 Å². The first-order valence-corrected chi connectivity index (χ1v) is 1.35. The molecule has 0 bridgehead atoms. The van der Waals surface area contributed by atoms with Gasteiger partial charge in [-0.3, -0.25) is 0 Å². The molecule has 0 aromatic carbocycles. The standard InChI is InChI=1S/C2H3O5/c1-5-2(3)6-7-4/h1H3. The van der Waals surface area contributed by atoms with Gasteiger partial charge in [-0.15, -0.1) is 0 Å². The van der Waals surface area contributed by atoms with Gasteiger partial charge in [-0.25, -0.2) is 9.68 Å². The molecule has 7 heavy (non-hydrogen) atoms. The zero-order chi connectivity index (χ0) is 5.70. The third-order valence-corrected chi connectivity index (χ3v) is 0.269. The molecule has 41 valence electrons. The van der Waals surface area contributed by atoms with Crippen molar-refractivity contribution in [3.8, 4) is 0 Å². The van der Waals surface area contributed by atoms with Crippen LogP contribution in [-0.4, -0.2) is 13.3 Å². The van der Waals surface area contributed by atoms with Crippen LogP contribution >= 0.6 is 0 Å². The third-order valence-electron chi connectivity index (χ3n) is 0.269. The quantitative estimate of drug-likeness (QED) is 0.269. The summed E-state index contributed by atoms with van der Waals surface area (Å²) in [5.74, 6) is 0. The predicted molar refractivity (Wildman–Crippen MR) is 15.3 cm³/mol. The van der Waals surface area contributed by atoms with Crippen LogP contribution in [0.4, 0.5) is 4.79 Å². The topological polar surface area (TPSA) is 64.7 Å². The molecule has 0 spiro atoms. The Bertz CT molecular complexity index is 59.1. The summed E-state index contributed by atoms with van der Waals surface area (Å²) in [6.45, 7) is 0. The van der Waals surface area contributed by atoms with E-state index in [4.69, 9.17) is 5.26 Å². The van der Waals surface area contributed by atoms with E-state index in [9.17, 15) is 4.79 Å². The van der Waals surface area contributed by atoms with E-state index in [2.05, 4.69) is 14.7 Å². The number of methoxy groups -OCH3 is 1. The highest BCUT2D eigenvalue weighted by Gasteiger charge is 1.97. The normalized spacial score (nSPS) is 7.71. The summed E-state index contributed by atoms with van der Waals surface area (Å²) < 4.78 is 3.80. The van der Waals surface area contributed by atoms with Crippen LogP contribution in [-0.2, 0) is 19.9 Å². The summed E-state index contributed by atoms with van der Waals surface area (Å²) >= 11 is 0. The van der Waals surface area contributed by atoms with Crippen LogP contribution in [0.25, 0.3) is 0 Å². The Morgan fingerprint density at radius 2 is 2.14 bits per heavy atom. The van der Waals surface area contributed by atoms with Crippen molar-refractivity contribution < 1.29 is 24.7 Å². The van der Waals surface area contributed by atoms with E-state index in [-0.39, 0.29) is 0 Å². The maximum Gasteiger partial charge on any atom is 0.542 e. The van der Waals surface area contributed by atoms with Gasteiger partial charge in [0.15, 0.2) is 0 Å². The van der Waals surface area contributed by atoms with E-state index in [0.29, 0.717) is 0 Å². The van der Waals surface area contributed by atoms with Crippen LogP contribution in [0.5, 0.6) is 0 Å². The van der Waals surface area contributed by atoms with Crippen molar-refractivity contribution in [2.45, 2.75) is 0 Å². The van der Waals surface area contributed by atoms with Gasteiger partial charge in [-0.05, 0) is 0 Å². The molecule has 0 aliphatic rings. The lowest BCUT2D eigenvalue weighted by Crippen LogP contribution is -2.01. The number of hydrogen-bond acceptors (Lipinski definition) is 4. The number of ether oxygens (including phenoxy) is 1. The van der Waals surface area contributed by atoms with Crippen LogP contribution in [0, 0.1) is 0 Å². The molecular weight excluding hydrogens is 104 g/mol. The van der Waals surface area contributed by atoms with Crippen molar-refractivity contribution in [2.75, 3.05) is 7.11 Å². The Morgan fingerprint density at radius 3 is 2.29 bits per heavy atom. The summed E-state index contributed by atoms with van der Waals surface area (Å²) in [6, 6.07) is 0. The Morgan fingerprint density at radius 1 is 1.57 bits per heavy atom. The number of carbonyl (C=O) groups excluding carboxylic acids is 1. The minimum atomic E-state index is -1.16. The SMILES string of the molecule is COC(=O)OO[O]. The second-order valence-electron chi connectivity index (χ2n) is 0.605. The molecule has 0 aromatic rings. The summed E-state index contributed by atoms with van der Waals surface area (Å²) in [4.78, 5) is 12.9. The van der Waals surface area contributed by atoms with E-state index in [1.54, 1.807) is 0 Å². The maximum absolute atomic E-state index is 9.64. The lowest BCUT2D eigenvalue weighted by Gasteiger charge is -1.88. The van der Waals surface area contributed by atoms with E-state index in [1.807, 2.05) is 0 Å². The molecule has 1 radical (unpaired) electrons. The third kappa shape index (κ3) is 3.01. The highest BCUT2D eigenvalue weighted by molar-refractivity contribution is 5.58. The van der Waals surface area contributed by atoms with Crippen molar-refractivity contribution in [3.63, 3.8) is 0 Å². The second kappa shape index (κ2) is 3.38. The minimum Gasteiger partial charge on any atom is -0.436 e. The fraction of sp³-hybridized carbons (Fsp3) is 0.500. The molecule has 0 aromatic heterocycles. The molecular formula is C2H3O5. The smallest absolute Gasteiger partial charge is 0.436 e. The van der Waals surface area contributed by atoms with Gasteiger partial charge in [-0.2, -0.15) is 0 Å². The van der Waals surface area contributed by atoms with Crippen LogP contribution < -0.4 is 0 Å². The van der Waals surface area contributed by atoms with Gasteiger partial charge in [0.25, 0.3) is 0 Å². The van der Waals surface area contributed by atoms with Gasteiger partial charge in [0.1, 0.15) is 0 Å². The van der Waals surface area contributed by atoms with Crippen molar-refractivity contribution in [2.24, 2.45) is 0 Å². The van der Waals surface area contributed by atoms with Crippen molar-refractivity contribution in [1.82, 2.24) is 0 Å². The molecule has 0 N–H and O–H groups in total. The molecule has 5 nitrogen and oxygen atoms in total. The summed E-state index contributed by atoms with van der Waals surface area (Å²) in [7, 11) is 1.06. The van der Waals surface area contributed by atoms with Crippen LogP contribution in [0.1, 0.15) is 0 Å². The van der Waals surface area contributed by atoms with Gasteiger partial charge in [0.05, 0.1) is 7.11 Å². The molecule has 0 heterocycles. The van der Waals surface area contributed by atoms with Gasteiger partial charge >= 0.3 is 6.16 Å². The fourth-order valence-electron chi connectivity index (χ4n) is 0.0618. The Labute approximate surface area is 39.3 Å². The molecule has 0 aliphatic heterocycles. The Balaban J connectivity index is 3.00. The number of carbonyl (C=O) groups is 1. The molecule has 0 aliphatic carbocycles. The molecule has 0 atom stereocenters. The van der Waals surface area contributed by atoms with E-state index >= 15 is 0 Å². The highest BCUT2D eigenvalue weighted by atomic mass is 17.5. The molecule has 0 amide bonds. The summed E-state index contributed by atoms with van der Waals surface area (Å²) in [5.41, 5.74) is 0. The van der Waals surface area contributed by atoms with Crippen molar-refractivity contribution >= 4 is 6.16 Å².